The van der Waals surface area contributed by atoms with Gasteiger partial charge < -0.3 is 14.5 Å². The molecule has 0 saturated heterocycles. The molecule has 0 aliphatic carbocycles. The number of ether oxygens (including phenoxy) is 1. The third-order valence-electron chi connectivity index (χ3n) is 4.30. The van der Waals surface area contributed by atoms with Crippen LogP contribution in [0.5, 0.6) is 5.75 Å². The molecule has 0 saturated carbocycles. The molecule has 4 aromatic rings. The zero-order valence-electron chi connectivity index (χ0n) is 15.2. The largest absolute Gasteiger partial charge is 0.495 e. The second kappa shape index (κ2) is 8.15. The van der Waals surface area contributed by atoms with Gasteiger partial charge >= 0.3 is 0 Å². The molecule has 0 fully saturated rings. The van der Waals surface area contributed by atoms with E-state index in [1.807, 2.05) is 78.9 Å². The van der Waals surface area contributed by atoms with Crippen molar-refractivity contribution in [3.8, 4) is 17.2 Å². The monoisotopic (exact) mass is 391 g/mol. The first-order valence-corrected chi connectivity index (χ1v) is 9.16. The Morgan fingerprint density at radius 3 is 2.50 bits per heavy atom. The van der Waals surface area contributed by atoms with Crippen LogP contribution in [0.25, 0.3) is 11.5 Å². The summed E-state index contributed by atoms with van der Waals surface area (Å²) in [5.74, 6) is 1.62. The van der Waals surface area contributed by atoms with Crippen molar-refractivity contribution in [2.75, 3.05) is 12.4 Å². The summed E-state index contributed by atoms with van der Waals surface area (Å²) in [4.78, 5) is 0. The highest BCUT2D eigenvalue weighted by molar-refractivity contribution is 6.30. The van der Waals surface area contributed by atoms with E-state index in [0.717, 1.165) is 22.6 Å². The fourth-order valence-electron chi connectivity index (χ4n) is 2.94. The van der Waals surface area contributed by atoms with Gasteiger partial charge in [-0.1, -0.05) is 54.1 Å². The first-order chi connectivity index (χ1) is 13.7. The Morgan fingerprint density at radius 1 is 0.929 bits per heavy atom. The van der Waals surface area contributed by atoms with Crippen LogP contribution < -0.4 is 10.1 Å². The molecule has 0 radical (unpaired) electrons. The summed E-state index contributed by atoms with van der Waals surface area (Å²) >= 11 is 6.22. The molecule has 1 N–H and O–H groups in total. The van der Waals surface area contributed by atoms with Crippen LogP contribution in [-0.4, -0.2) is 17.3 Å². The Bertz CT molecular complexity index is 1070. The van der Waals surface area contributed by atoms with Crippen molar-refractivity contribution in [3.63, 3.8) is 0 Å². The van der Waals surface area contributed by atoms with E-state index in [9.17, 15) is 0 Å². The van der Waals surface area contributed by atoms with Gasteiger partial charge in [0.1, 0.15) is 11.8 Å². The summed E-state index contributed by atoms with van der Waals surface area (Å²) in [6.07, 6.45) is 0. The quantitative estimate of drug-likeness (QED) is 0.463. The third-order valence-corrected chi connectivity index (χ3v) is 4.53. The summed E-state index contributed by atoms with van der Waals surface area (Å²) in [7, 11) is 1.63. The number of rotatable bonds is 6. The molecule has 5 nitrogen and oxygen atoms in total. The first kappa shape index (κ1) is 18.1. The van der Waals surface area contributed by atoms with Crippen molar-refractivity contribution in [1.29, 1.82) is 0 Å². The van der Waals surface area contributed by atoms with E-state index in [1.54, 1.807) is 7.11 Å². The summed E-state index contributed by atoms with van der Waals surface area (Å²) in [5, 5.41) is 12.6. The highest BCUT2D eigenvalue weighted by Gasteiger charge is 2.23. The van der Waals surface area contributed by atoms with E-state index in [1.165, 1.54) is 0 Å². The summed E-state index contributed by atoms with van der Waals surface area (Å²) in [6, 6.07) is 24.5. The molecular formula is C22H18ClN3O2. The van der Waals surface area contributed by atoms with Gasteiger partial charge in [-0.15, -0.1) is 10.2 Å². The highest BCUT2D eigenvalue weighted by Crippen LogP contribution is 2.33. The van der Waals surface area contributed by atoms with Crippen LogP contribution in [0.4, 0.5) is 5.69 Å². The zero-order valence-corrected chi connectivity index (χ0v) is 15.9. The van der Waals surface area contributed by atoms with E-state index in [0.29, 0.717) is 16.8 Å². The minimum absolute atomic E-state index is 0.389. The average Bonchev–Trinajstić information content (AvgIpc) is 3.23. The lowest BCUT2D eigenvalue weighted by Crippen LogP contribution is -2.13. The van der Waals surface area contributed by atoms with Crippen molar-refractivity contribution in [2.24, 2.45) is 0 Å². The number of methoxy groups -OCH3 is 1. The molecule has 0 bridgehead atoms. The van der Waals surface area contributed by atoms with Gasteiger partial charge in [0.2, 0.25) is 11.8 Å². The molecule has 140 valence electrons. The van der Waals surface area contributed by atoms with Crippen LogP contribution in [0.15, 0.2) is 83.3 Å². The predicted octanol–water partition coefficient (Wildman–Crippen LogP) is 5.60. The van der Waals surface area contributed by atoms with Crippen LogP contribution in [0.3, 0.4) is 0 Å². The number of nitrogens with zero attached hydrogens (tertiary/aromatic N) is 2. The average molecular weight is 392 g/mol. The molecule has 1 aromatic heterocycles. The highest BCUT2D eigenvalue weighted by atomic mass is 35.5. The maximum absolute atomic E-state index is 6.22. The molecule has 1 atom stereocenters. The molecule has 6 heteroatoms. The lowest BCUT2D eigenvalue weighted by atomic mass is 10.1. The van der Waals surface area contributed by atoms with Gasteiger partial charge in [-0.25, -0.2) is 0 Å². The van der Waals surface area contributed by atoms with Gasteiger partial charge in [0.15, 0.2) is 0 Å². The smallest absolute Gasteiger partial charge is 0.247 e. The second-order valence-corrected chi connectivity index (χ2v) is 6.58. The number of anilines is 1. The first-order valence-electron chi connectivity index (χ1n) is 8.78. The van der Waals surface area contributed by atoms with E-state index >= 15 is 0 Å². The predicted molar refractivity (Wildman–Crippen MR) is 110 cm³/mol. The standard InChI is InChI=1S/C22H18ClN3O2/c1-27-19-13-6-5-12-18(19)24-20(16-10-7-11-17(23)14-16)22-26-25-21(28-22)15-8-3-2-4-9-15/h2-14,20,24H,1H3/t20-/m1/s1. The van der Waals surface area contributed by atoms with Gasteiger partial charge in [0.25, 0.3) is 0 Å². The number of hydrogen-bond donors (Lipinski definition) is 1. The molecule has 0 spiro atoms. The Labute approximate surface area is 168 Å². The Balaban J connectivity index is 1.74. The molecule has 0 amide bonds. The topological polar surface area (TPSA) is 60.2 Å². The van der Waals surface area contributed by atoms with Crippen molar-refractivity contribution >= 4 is 17.3 Å². The van der Waals surface area contributed by atoms with Gasteiger partial charge in [0, 0.05) is 10.6 Å². The Hall–Kier alpha value is -3.31. The van der Waals surface area contributed by atoms with Crippen LogP contribution in [0, 0.1) is 0 Å². The van der Waals surface area contributed by atoms with Crippen LogP contribution in [-0.2, 0) is 0 Å². The molecule has 3 aromatic carbocycles. The van der Waals surface area contributed by atoms with Crippen molar-refractivity contribution in [2.45, 2.75) is 6.04 Å². The maximum atomic E-state index is 6.22. The fraction of sp³-hybridized carbons (Fsp3) is 0.0909. The molecular weight excluding hydrogens is 374 g/mol. The van der Waals surface area contributed by atoms with Gasteiger partial charge in [-0.2, -0.15) is 0 Å². The van der Waals surface area contributed by atoms with Crippen LogP contribution in [0.1, 0.15) is 17.5 Å². The third kappa shape index (κ3) is 3.85. The number of para-hydroxylation sites is 2. The van der Waals surface area contributed by atoms with E-state index in [2.05, 4.69) is 15.5 Å². The summed E-state index contributed by atoms with van der Waals surface area (Å²) < 4.78 is 11.5. The maximum Gasteiger partial charge on any atom is 0.247 e. The molecule has 0 unspecified atom stereocenters. The molecule has 4 rings (SSSR count). The van der Waals surface area contributed by atoms with Crippen molar-refractivity contribution in [3.05, 3.63) is 95.3 Å². The molecule has 0 aliphatic heterocycles. The second-order valence-electron chi connectivity index (χ2n) is 6.14. The number of halogens is 1. The number of hydrogen-bond acceptors (Lipinski definition) is 5. The van der Waals surface area contributed by atoms with Crippen LogP contribution in [0.2, 0.25) is 5.02 Å². The van der Waals surface area contributed by atoms with Crippen LogP contribution >= 0.6 is 11.6 Å². The lowest BCUT2D eigenvalue weighted by molar-refractivity contribution is 0.415. The van der Waals surface area contributed by atoms with Crippen molar-refractivity contribution in [1.82, 2.24) is 10.2 Å². The number of aromatic nitrogens is 2. The summed E-state index contributed by atoms with van der Waals surface area (Å²) in [5.41, 5.74) is 2.58. The van der Waals surface area contributed by atoms with Gasteiger partial charge in [0.05, 0.1) is 12.8 Å². The summed E-state index contributed by atoms with van der Waals surface area (Å²) in [6.45, 7) is 0. The van der Waals surface area contributed by atoms with Crippen molar-refractivity contribution < 1.29 is 9.15 Å². The van der Waals surface area contributed by atoms with Gasteiger partial charge in [-0.05, 0) is 42.0 Å². The Morgan fingerprint density at radius 2 is 1.71 bits per heavy atom. The molecule has 1 heterocycles. The van der Waals surface area contributed by atoms with E-state index < -0.39 is 0 Å². The SMILES string of the molecule is COc1ccccc1N[C@H](c1cccc(Cl)c1)c1nnc(-c2ccccc2)o1. The number of nitrogens with one attached hydrogen (secondary N) is 1. The fourth-order valence-corrected chi connectivity index (χ4v) is 3.14. The zero-order chi connectivity index (χ0) is 19.3. The number of benzene rings is 3. The van der Waals surface area contributed by atoms with E-state index in [-0.39, 0.29) is 6.04 Å². The van der Waals surface area contributed by atoms with Gasteiger partial charge in [-0.3, -0.25) is 0 Å². The lowest BCUT2D eigenvalue weighted by Gasteiger charge is -2.19. The minimum atomic E-state index is -0.389. The molecule has 28 heavy (non-hydrogen) atoms. The molecule has 0 aliphatic rings. The Kier molecular flexibility index (Phi) is 5.26. The van der Waals surface area contributed by atoms with E-state index in [4.69, 9.17) is 20.8 Å². The minimum Gasteiger partial charge on any atom is -0.495 e. The normalized spacial score (nSPS) is 11.8.